The van der Waals surface area contributed by atoms with E-state index in [9.17, 15) is 14.7 Å². The van der Waals surface area contributed by atoms with E-state index in [1.807, 2.05) is 6.07 Å². The van der Waals surface area contributed by atoms with Crippen molar-refractivity contribution in [1.82, 2.24) is 10.6 Å². The number of benzene rings is 2. The van der Waals surface area contributed by atoms with Gasteiger partial charge in [0, 0.05) is 10.6 Å². The lowest BCUT2D eigenvalue weighted by Crippen LogP contribution is -2.43. The Bertz CT molecular complexity index is 689. The number of nitrogens with one attached hydrogen (secondary N) is 2. The smallest absolute Gasteiger partial charge is 0.251 e. The van der Waals surface area contributed by atoms with Crippen LogP contribution in [-0.2, 0) is 4.79 Å². The van der Waals surface area contributed by atoms with Crippen molar-refractivity contribution in [2.24, 2.45) is 0 Å². The highest BCUT2D eigenvalue weighted by Crippen LogP contribution is 2.19. The molecule has 0 radical (unpaired) electrons. The molecule has 3 N–H and O–H groups in total. The van der Waals surface area contributed by atoms with Crippen molar-refractivity contribution in [3.8, 4) is 0 Å². The van der Waals surface area contributed by atoms with Crippen molar-refractivity contribution >= 4 is 23.4 Å². The quantitative estimate of drug-likeness (QED) is 0.751. The van der Waals surface area contributed by atoms with Crippen LogP contribution in [0.2, 0.25) is 5.02 Å². The summed E-state index contributed by atoms with van der Waals surface area (Å²) in [5.41, 5.74) is 1.14. The van der Waals surface area contributed by atoms with Crippen LogP contribution in [0.3, 0.4) is 0 Å². The third-order valence-electron chi connectivity index (χ3n) is 3.52. The molecule has 0 fully saturated rings. The van der Waals surface area contributed by atoms with Gasteiger partial charge >= 0.3 is 0 Å². The van der Waals surface area contributed by atoms with Crippen molar-refractivity contribution < 1.29 is 14.7 Å². The maximum atomic E-state index is 11.9. The summed E-state index contributed by atoms with van der Waals surface area (Å²) >= 11 is 5.81. The van der Waals surface area contributed by atoms with Gasteiger partial charge in [0.05, 0.1) is 18.7 Å². The van der Waals surface area contributed by atoms with Gasteiger partial charge in [0.1, 0.15) is 0 Å². The molecule has 0 spiro atoms. The predicted molar refractivity (Wildman–Crippen MR) is 92.8 cm³/mol. The third-order valence-corrected chi connectivity index (χ3v) is 3.77. The largest absolute Gasteiger partial charge is 0.386 e. The van der Waals surface area contributed by atoms with E-state index < -0.39 is 12.1 Å². The van der Waals surface area contributed by atoms with Crippen LogP contribution in [0.1, 0.15) is 28.9 Å². The first-order valence-electron chi connectivity index (χ1n) is 7.53. The van der Waals surface area contributed by atoms with Crippen LogP contribution < -0.4 is 10.6 Å². The van der Waals surface area contributed by atoms with E-state index in [0.717, 1.165) is 0 Å². The van der Waals surface area contributed by atoms with Crippen LogP contribution >= 0.6 is 11.6 Å². The molecule has 0 bridgehead atoms. The average Bonchev–Trinajstić information content (AvgIpc) is 2.60. The molecule has 24 heavy (non-hydrogen) atoms. The van der Waals surface area contributed by atoms with Gasteiger partial charge in [-0.1, -0.05) is 41.9 Å². The van der Waals surface area contributed by atoms with Crippen molar-refractivity contribution in [3.05, 3.63) is 70.7 Å². The van der Waals surface area contributed by atoms with Crippen LogP contribution in [0.5, 0.6) is 0 Å². The molecule has 2 unspecified atom stereocenters. The molecule has 0 saturated carbocycles. The number of halogens is 1. The van der Waals surface area contributed by atoms with Crippen LogP contribution in [0.15, 0.2) is 54.6 Å². The van der Waals surface area contributed by atoms with E-state index in [4.69, 9.17) is 11.6 Å². The Labute approximate surface area is 145 Å². The Balaban J connectivity index is 1.83. The van der Waals surface area contributed by atoms with Gasteiger partial charge in [-0.15, -0.1) is 0 Å². The standard InChI is InChI=1S/C18H19ClN2O3/c1-12(17(23)13-7-9-15(19)10-8-13)21-16(22)11-20-18(24)14-5-3-2-4-6-14/h2-10,12,17,23H,11H2,1H3,(H,20,24)(H,21,22). The number of hydrogen-bond donors (Lipinski definition) is 3. The fourth-order valence-corrected chi connectivity index (χ4v) is 2.31. The van der Waals surface area contributed by atoms with Gasteiger partial charge in [-0.25, -0.2) is 0 Å². The molecule has 0 saturated heterocycles. The summed E-state index contributed by atoms with van der Waals surface area (Å²) < 4.78 is 0. The topological polar surface area (TPSA) is 78.4 Å². The number of carbonyl (C=O) groups excluding carboxylic acids is 2. The number of amides is 2. The molecule has 0 aliphatic rings. The van der Waals surface area contributed by atoms with Crippen LogP contribution in [0.4, 0.5) is 0 Å². The normalized spacial score (nSPS) is 13.0. The highest BCUT2D eigenvalue weighted by molar-refractivity contribution is 6.30. The second kappa shape index (κ2) is 8.47. The van der Waals surface area contributed by atoms with Crippen molar-refractivity contribution in [1.29, 1.82) is 0 Å². The van der Waals surface area contributed by atoms with E-state index in [0.29, 0.717) is 16.1 Å². The summed E-state index contributed by atoms with van der Waals surface area (Å²) in [7, 11) is 0. The van der Waals surface area contributed by atoms with E-state index in [1.54, 1.807) is 55.5 Å². The molecular weight excluding hydrogens is 328 g/mol. The van der Waals surface area contributed by atoms with Crippen LogP contribution in [0, 0.1) is 0 Å². The second-order valence-corrected chi connectivity index (χ2v) is 5.84. The first kappa shape index (κ1) is 18.0. The fourth-order valence-electron chi connectivity index (χ4n) is 2.18. The zero-order valence-corrected chi connectivity index (χ0v) is 14.0. The molecule has 2 aromatic carbocycles. The maximum Gasteiger partial charge on any atom is 0.251 e. The maximum absolute atomic E-state index is 11.9. The number of aliphatic hydroxyl groups is 1. The monoisotopic (exact) mass is 346 g/mol. The van der Waals surface area contributed by atoms with E-state index in [-0.39, 0.29) is 18.4 Å². The molecule has 5 nitrogen and oxygen atoms in total. The molecule has 2 aromatic rings. The van der Waals surface area contributed by atoms with Crippen molar-refractivity contribution in [2.75, 3.05) is 6.54 Å². The Morgan fingerprint density at radius 2 is 1.71 bits per heavy atom. The molecule has 2 atom stereocenters. The zero-order chi connectivity index (χ0) is 17.5. The third kappa shape index (κ3) is 5.08. The van der Waals surface area contributed by atoms with Gasteiger partial charge in [0.15, 0.2) is 0 Å². The lowest BCUT2D eigenvalue weighted by molar-refractivity contribution is -0.121. The summed E-state index contributed by atoms with van der Waals surface area (Å²) in [4.78, 5) is 23.8. The summed E-state index contributed by atoms with van der Waals surface area (Å²) in [6, 6.07) is 14.9. The van der Waals surface area contributed by atoms with Gasteiger partial charge < -0.3 is 15.7 Å². The average molecular weight is 347 g/mol. The summed E-state index contributed by atoms with van der Waals surface area (Å²) in [5.74, 6) is -0.698. The Hall–Kier alpha value is -2.37. The van der Waals surface area contributed by atoms with Crippen molar-refractivity contribution in [3.63, 3.8) is 0 Å². The molecule has 6 heteroatoms. The molecular formula is C18H19ClN2O3. The van der Waals surface area contributed by atoms with E-state index in [1.165, 1.54) is 0 Å². The highest BCUT2D eigenvalue weighted by atomic mass is 35.5. The molecule has 2 amide bonds. The van der Waals surface area contributed by atoms with Crippen LogP contribution in [0.25, 0.3) is 0 Å². The summed E-state index contributed by atoms with van der Waals surface area (Å²) in [6.07, 6.45) is -0.865. The lowest BCUT2D eigenvalue weighted by atomic mass is 10.0. The van der Waals surface area contributed by atoms with Gasteiger partial charge in [-0.3, -0.25) is 9.59 Å². The Morgan fingerprint density at radius 3 is 2.33 bits per heavy atom. The number of rotatable bonds is 6. The number of aliphatic hydroxyl groups excluding tert-OH is 1. The van der Waals surface area contributed by atoms with Crippen LogP contribution in [-0.4, -0.2) is 29.5 Å². The minimum absolute atomic E-state index is 0.161. The van der Waals surface area contributed by atoms with E-state index >= 15 is 0 Å². The molecule has 0 aliphatic carbocycles. The molecule has 0 heterocycles. The second-order valence-electron chi connectivity index (χ2n) is 5.40. The van der Waals surface area contributed by atoms with Gasteiger partial charge in [0.25, 0.3) is 5.91 Å². The Morgan fingerprint density at radius 1 is 1.08 bits per heavy atom. The summed E-state index contributed by atoms with van der Waals surface area (Å²) in [5, 5.41) is 16.0. The molecule has 2 rings (SSSR count). The lowest BCUT2D eigenvalue weighted by Gasteiger charge is -2.20. The molecule has 126 valence electrons. The molecule has 0 aliphatic heterocycles. The first-order chi connectivity index (χ1) is 11.5. The SMILES string of the molecule is CC(NC(=O)CNC(=O)c1ccccc1)C(O)c1ccc(Cl)cc1. The van der Waals surface area contributed by atoms with E-state index in [2.05, 4.69) is 10.6 Å². The minimum atomic E-state index is -0.865. The predicted octanol–water partition coefficient (Wildman–Crippen LogP) is 2.31. The summed E-state index contributed by atoms with van der Waals surface area (Å²) in [6.45, 7) is 1.53. The highest BCUT2D eigenvalue weighted by Gasteiger charge is 2.18. The Kier molecular flexibility index (Phi) is 6.35. The fraction of sp³-hybridized carbons (Fsp3) is 0.222. The van der Waals surface area contributed by atoms with Gasteiger partial charge in [0.2, 0.25) is 5.91 Å². The van der Waals surface area contributed by atoms with Gasteiger partial charge in [-0.05, 0) is 36.8 Å². The van der Waals surface area contributed by atoms with Crippen molar-refractivity contribution in [2.45, 2.75) is 19.1 Å². The number of hydrogen-bond acceptors (Lipinski definition) is 3. The zero-order valence-electron chi connectivity index (χ0n) is 13.2. The molecule has 0 aromatic heterocycles. The first-order valence-corrected chi connectivity index (χ1v) is 7.91. The number of carbonyl (C=O) groups is 2. The van der Waals surface area contributed by atoms with Gasteiger partial charge in [-0.2, -0.15) is 0 Å². The minimum Gasteiger partial charge on any atom is -0.386 e.